The first-order chi connectivity index (χ1) is 18.6. The SMILES string of the molecule is O=C(NCc1cccnc1)[C@@H]1CC[C@@H]2[C@@H](CCN2c2ncc(F)cn2)O1.O=C(O)C(F)(F)F.O=C(O)C(F)(F)F. The molecular formula is C22H22F7N5O6. The highest BCUT2D eigenvalue weighted by molar-refractivity contribution is 5.81. The van der Waals surface area contributed by atoms with Crippen molar-refractivity contribution in [3.05, 3.63) is 48.3 Å². The van der Waals surface area contributed by atoms with Gasteiger partial charge in [-0.1, -0.05) is 6.07 Å². The van der Waals surface area contributed by atoms with Crippen LogP contribution >= 0.6 is 0 Å². The number of alkyl halides is 6. The molecule has 0 radical (unpaired) electrons. The number of carboxylic acids is 2. The third-order valence-electron chi connectivity index (χ3n) is 5.38. The number of ether oxygens (including phenoxy) is 1. The van der Waals surface area contributed by atoms with Crippen LogP contribution in [-0.2, 0) is 25.7 Å². The molecule has 2 aliphatic rings. The number of halogens is 7. The molecule has 2 aromatic heterocycles. The first-order valence-corrected chi connectivity index (χ1v) is 11.3. The van der Waals surface area contributed by atoms with Crippen LogP contribution in [0, 0.1) is 5.82 Å². The molecule has 1 amide bonds. The van der Waals surface area contributed by atoms with Crippen LogP contribution in [0.2, 0.25) is 0 Å². The van der Waals surface area contributed by atoms with Crippen LogP contribution in [0.5, 0.6) is 0 Å². The second kappa shape index (κ2) is 13.8. The predicted octanol–water partition coefficient (Wildman–Crippen LogP) is 2.72. The zero-order valence-electron chi connectivity index (χ0n) is 20.2. The van der Waals surface area contributed by atoms with E-state index in [4.69, 9.17) is 24.5 Å². The van der Waals surface area contributed by atoms with E-state index in [-0.39, 0.29) is 18.1 Å². The molecule has 40 heavy (non-hydrogen) atoms. The van der Waals surface area contributed by atoms with E-state index >= 15 is 0 Å². The highest BCUT2D eigenvalue weighted by atomic mass is 19.4. The lowest BCUT2D eigenvalue weighted by molar-refractivity contribution is -0.193. The van der Waals surface area contributed by atoms with Crippen LogP contribution < -0.4 is 10.2 Å². The van der Waals surface area contributed by atoms with Gasteiger partial charge in [-0.2, -0.15) is 26.3 Å². The second-order valence-electron chi connectivity index (χ2n) is 8.18. The number of carbonyl (C=O) groups excluding carboxylic acids is 1. The average molecular weight is 585 g/mol. The van der Waals surface area contributed by atoms with Crippen molar-refractivity contribution in [2.75, 3.05) is 11.4 Å². The fraction of sp³-hybridized carbons (Fsp3) is 0.455. The largest absolute Gasteiger partial charge is 0.490 e. The maximum Gasteiger partial charge on any atom is 0.490 e. The smallest absolute Gasteiger partial charge is 0.475 e. The fourth-order valence-electron chi connectivity index (χ4n) is 3.63. The summed E-state index contributed by atoms with van der Waals surface area (Å²) in [6, 6.07) is 3.89. The number of fused-ring (bicyclic) bond motifs is 1. The van der Waals surface area contributed by atoms with Crippen LogP contribution in [0.4, 0.5) is 36.7 Å². The quantitative estimate of drug-likeness (QED) is 0.457. The minimum atomic E-state index is -5.08. The number of hydrogen-bond acceptors (Lipinski definition) is 8. The molecule has 2 saturated heterocycles. The van der Waals surface area contributed by atoms with Gasteiger partial charge in [0, 0.05) is 25.5 Å². The van der Waals surface area contributed by atoms with E-state index < -0.39 is 36.2 Å². The maximum atomic E-state index is 13.0. The molecule has 220 valence electrons. The van der Waals surface area contributed by atoms with Gasteiger partial charge in [-0.25, -0.2) is 23.9 Å². The number of aromatic nitrogens is 3. The third-order valence-corrected chi connectivity index (χ3v) is 5.38. The van der Waals surface area contributed by atoms with Crippen molar-refractivity contribution in [3.63, 3.8) is 0 Å². The number of carbonyl (C=O) groups is 3. The number of nitrogens with zero attached hydrogens (tertiary/aromatic N) is 4. The van der Waals surface area contributed by atoms with Crippen LogP contribution in [0.15, 0.2) is 36.9 Å². The summed E-state index contributed by atoms with van der Waals surface area (Å²) in [5.41, 5.74) is 0.954. The van der Waals surface area contributed by atoms with Crippen molar-refractivity contribution in [1.29, 1.82) is 0 Å². The molecule has 0 aromatic carbocycles. The second-order valence-corrected chi connectivity index (χ2v) is 8.18. The zero-order valence-corrected chi connectivity index (χ0v) is 20.2. The Morgan fingerprint density at radius 2 is 1.55 bits per heavy atom. The van der Waals surface area contributed by atoms with E-state index in [0.29, 0.717) is 18.9 Å². The summed E-state index contributed by atoms with van der Waals surface area (Å²) >= 11 is 0. The van der Waals surface area contributed by atoms with Crippen molar-refractivity contribution in [1.82, 2.24) is 20.3 Å². The Morgan fingerprint density at radius 1 is 0.975 bits per heavy atom. The van der Waals surface area contributed by atoms with Gasteiger partial charge in [0.2, 0.25) is 11.9 Å². The molecule has 2 fully saturated rings. The number of amides is 1. The Balaban J connectivity index is 0.000000333. The number of rotatable bonds is 4. The molecule has 0 aliphatic carbocycles. The van der Waals surface area contributed by atoms with Crippen LogP contribution in [-0.4, -0.2) is 80.2 Å². The van der Waals surface area contributed by atoms with Crippen LogP contribution in [0.25, 0.3) is 0 Å². The van der Waals surface area contributed by atoms with Crippen molar-refractivity contribution < 1.29 is 60.1 Å². The molecule has 2 aliphatic heterocycles. The Bertz CT molecular complexity index is 1110. The van der Waals surface area contributed by atoms with E-state index in [1.807, 2.05) is 17.0 Å². The Labute approximate surface area is 221 Å². The number of nitrogens with one attached hydrogen (secondary N) is 1. The lowest BCUT2D eigenvalue weighted by Crippen LogP contribution is -2.48. The van der Waals surface area contributed by atoms with Crippen molar-refractivity contribution in [3.8, 4) is 0 Å². The monoisotopic (exact) mass is 585 g/mol. The molecule has 3 atom stereocenters. The van der Waals surface area contributed by atoms with Gasteiger partial charge < -0.3 is 25.2 Å². The first kappa shape index (κ1) is 32.1. The lowest BCUT2D eigenvalue weighted by Gasteiger charge is -2.35. The number of hydrogen-bond donors (Lipinski definition) is 3. The molecule has 0 saturated carbocycles. The topological polar surface area (TPSA) is 155 Å². The Morgan fingerprint density at radius 3 is 2.05 bits per heavy atom. The highest BCUT2D eigenvalue weighted by Crippen LogP contribution is 2.33. The molecular weight excluding hydrogens is 563 g/mol. The van der Waals surface area contributed by atoms with E-state index in [1.165, 1.54) is 12.4 Å². The van der Waals surface area contributed by atoms with Crippen LogP contribution in [0.3, 0.4) is 0 Å². The van der Waals surface area contributed by atoms with Crippen molar-refractivity contribution in [2.45, 2.75) is 56.4 Å². The Kier molecular flexibility index (Phi) is 11.1. The van der Waals surface area contributed by atoms with Crippen molar-refractivity contribution in [2.24, 2.45) is 0 Å². The predicted molar refractivity (Wildman–Crippen MR) is 119 cm³/mol. The van der Waals surface area contributed by atoms with Gasteiger partial charge >= 0.3 is 24.3 Å². The van der Waals surface area contributed by atoms with Crippen molar-refractivity contribution >= 4 is 23.8 Å². The average Bonchev–Trinajstić information content (AvgIpc) is 3.31. The lowest BCUT2D eigenvalue weighted by atomic mass is 9.98. The standard InChI is InChI=1S/C18H20FN5O2.2C2HF3O2/c19-13-10-22-18(23-11-13)24-7-5-15-14(24)3-4-16(26-15)17(25)21-9-12-2-1-6-20-8-12;2*3-2(4,5)1(6)7/h1-2,6,8,10-11,14-16H,3-5,7,9H2,(H,21,25);2*(H,6,7)/t14-,15-,16+;;/m1../s1. The summed E-state index contributed by atoms with van der Waals surface area (Å²) in [5, 5.41) is 17.2. The van der Waals surface area contributed by atoms with Gasteiger partial charge in [-0.15, -0.1) is 0 Å². The molecule has 2 aromatic rings. The molecule has 18 heteroatoms. The van der Waals surface area contributed by atoms with Gasteiger partial charge in [-0.05, 0) is 30.9 Å². The van der Waals surface area contributed by atoms with Gasteiger partial charge in [0.05, 0.1) is 24.5 Å². The minimum Gasteiger partial charge on any atom is -0.475 e. The molecule has 4 heterocycles. The third kappa shape index (κ3) is 9.90. The molecule has 4 rings (SSSR count). The zero-order chi connectivity index (χ0) is 30.1. The van der Waals surface area contributed by atoms with E-state index in [0.717, 1.165) is 24.9 Å². The first-order valence-electron chi connectivity index (χ1n) is 11.3. The van der Waals surface area contributed by atoms with Gasteiger partial charge in [0.15, 0.2) is 5.82 Å². The number of pyridine rings is 1. The number of carboxylic acid groups (broad SMARTS) is 2. The molecule has 0 spiro atoms. The normalized spacial score (nSPS) is 20.2. The van der Waals surface area contributed by atoms with Gasteiger partial charge in [0.25, 0.3) is 0 Å². The summed E-state index contributed by atoms with van der Waals surface area (Å²) in [6.45, 7) is 1.18. The molecule has 0 unspecified atom stereocenters. The van der Waals surface area contributed by atoms with E-state index in [1.54, 1.807) is 12.4 Å². The van der Waals surface area contributed by atoms with E-state index in [9.17, 15) is 35.5 Å². The molecule has 11 nitrogen and oxygen atoms in total. The minimum absolute atomic E-state index is 0.0356. The fourth-order valence-corrected chi connectivity index (χ4v) is 3.63. The van der Waals surface area contributed by atoms with Gasteiger partial charge in [0.1, 0.15) is 6.10 Å². The summed E-state index contributed by atoms with van der Waals surface area (Å²) in [4.78, 5) is 44.4. The maximum absolute atomic E-state index is 13.0. The summed E-state index contributed by atoms with van der Waals surface area (Å²) in [5.74, 6) is -5.54. The summed E-state index contributed by atoms with van der Waals surface area (Å²) in [7, 11) is 0. The van der Waals surface area contributed by atoms with Crippen LogP contribution in [0.1, 0.15) is 24.8 Å². The van der Waals surface area contributed by atoms with E-state index in [2.05, 4.69) is 20.3 Å². The summed E-state index contributed by atoms with van der Waals surface area (Å²) < 4.78 is 82.5. The number of anilines is 1. The molecule has 0 bridgehead atoms. The molecule has 3 N–H and O–H groups in total. The highest BCUT2D eigenvalue weighted by Gasteiger charge is 2.43. The Hall–Kier alpha value is -4.09. The van der Waals surface area contributed by atoms with Gasteiger partial charge in [-0.3, -0.25) is 9.78 Å². The number of aliphatic carboxylic acids is 2. The summed E-state index contributed by atoms with van der Waals surface area (Å²) in [6.07, 6.45) is -2.61.